The zero-order valence-electron chi connectivity index (χ0n) is 15.0. The molecule has 1 atom stereocenters. The first-order chi connectivity index (χ1) is 12.2. The van der Waals surface area contributed by atoms with Crippen LogP contribution in [0.15, 0.2) is 54.9 Å². The number of likely N-dealkylation sites (N-methyl/N-ethyl adjacent to an activating group) is 1. The summed E-state index contributed by atoms with van der Waals surface area (Å²) in [6, 6.07) is 13.8. The molecule has 0 radical (unpaired) electrons. The SMILES string of the molecule is CN(C(=O)c1cc(-c2ccncc2)nc2ccccc12)C1CCNC1.Cl.Cl. The second-order valence-corrected chi connectivity index (χ2v) is 6.37. The minimum atomic E-state index is 0. The molecule has 1 saturated heterocycles. The van der Waals surface area contributed by atoms with Gasteiger partial charge in [0.25, 0.3) is 5.91 Å². The van der Waals surface area contributed by atoms with Gasteiger partial charge in [-0.3, -0.25) is 9.78 Å². The highest BCUT2D eigenvalue weighted by Gasteiger charge is 2.25. The van der Waals surface area contributed by atoms with Crippen molar-refractivity contribution in [2.45, 2.75) is 12.5 Å². The van der Waals surface area contributed by atoms with E-state index in [1.165, 1.54) is 0 Å². The predicted molar refractivity (Wildman–Crippen MR) is 113 cm³/mol. The third kappa shape index (κ3) is 4.21. The van der Waals surface area contributed by atoms with Gasteiger partial charge in [0, 0.05) is 43.0 Å². The number of nitrogens with one attached hydrogen (secondary N) is 1. The lowest BCUT2D eigenvalue weighted by molar-refractivity contribution is 0.0745. The molecule has 0 aliphatic carbocycles. The molecule has 27 heavy (non-hydrogen) atoms. The van der Waals surface area contributed by atoms with Crippen molar-refractivity contribution in [3.63, 3.8) is 0 Å². The number of para-hydroxylation sites is 1. The molecular formula is C20H22Cl2N4O. The van der Waals surface area contributed by atoms with E-state index in [0.29, 0.717) is 5.56 Å². The van der Waals surface area contributed by atoms with Crippen LogP contribution in [0.4, 0.5) is 0 Å². The average molecular weight is 405 g/mol. The quantitative estimate of drug-likeness (QED) is 0.724. The van der Waals surface area contributed by atoms with Crippen molar-refractivity contribution >= 4 is 41.6 Å². The molecule has 4 rings (SSSR count). The van der Waals surface area contributed by atoms with E-state index >= 15 is 0 Å². The lowest BCUT2D eigenvalue weighted by Gasteiger charge is -2.24. The second-order valence-electron chi connectivity index (χ2n) is 6.37. The summed E-state index contributed by atoms with van der Waals surface area (Å²) in [7, 11) is 1.89. The molecule has 1 unspecified atom stereocenters. The van der Waals surface area contributed by atoms with Gasteiger partial charge in [-0.1, -0.05) is 18.2 Å². The Labute approximate surface area is 171 Å². The number of pyridine rings is 2. The Kier molecular flexibility index (Phi) is 7.13. The first-order valence-electron chi connectivity index (χ1n) is 8.52. The Hall–Kier alpha value is -2.21. The van der Waals surface area contributed by atoms with Crippen molar-refractivity contribution in [3.8, 4) is 11.3 Å². The summed E-state index contributed by atoms with van der Waals surface area (Å²) in [5, 5.41) is 4.21. The lowest BCUT2D eigenvalue weighted by Crippen LogP contribution is -2.38. The number of rotatable bonds is 3. The molecule has 2 aromatic heterocycles. The monoisotopic (exact) mass is 404 g/mol. The average Bonchev–Trinajstić information content (AvgIpc) is 3.21. The van der Waals surface area contributed by atoms with Gasteiger partial charge in [0.15, 0.2) is 0 Å². The van der Waals surface area contributed by atoms with Crippen molar-refractivity contribution < 1.29 is 4.79 Å². The Bertz CT molecular complexity index is 914. The summed E-state index contributed by atoms with van der Waals surface area (Å²) in [6.07, 6.45) is 4.47. The van der Waals surface area contributed by atoms with Crippen molar-refractivity contribution in [1.29, 1.82) is 0 Å². The number of halogens is 2. The van der Waals surface area contributed by atoms with Crippen molar-refractivity contribution in [2.24, 2.45) is 0 Å². The van der Waals surface area contributed by atoms with E-state index in [9.17, 15) is 4.79 Å². The molecule has 1 N–H and O–H groups in total. The molecule has 5 nitrogen and oxygen atoms in total. The molecule has 0 bridgehead atoms. The maximum absolute atomic E-state index is 13.2. The minimum absolute atomic E-state index is 0. The van der Waals surface area contributed by atoms with Crippen LogP contribution >= 0.6 is 24.8 Å². The van der Waals surface area contributed by atoms with E-state index in [-0.39, 0.29) is 36.8 Å². The molecule has 1 amide bonds. The minimum Gasteiger partial charge on any atom is -0.337 e. The van der Waals surface area contributed by atoms with Crippen molar-refractivity contribution in [3.05, 3.63) is 60.4 Å². The third-order valence-electron chi connectivity index (χ3n) is 4.83. The predicted octanol–water partition coefficient (Wildman–Crippen LogP) is 3.57. The van der Waals surface area contributed by atoms with Gasteiger partial charge in [-0.2, -0.15) is 0 Å². The molecule has 1 aliphatic heterocycles. The lowest BCUT2D eigenvalue weighted by atomic mass is 10.0. The van der Waals surface area contributed by atoms with Gasteiger partial charge >= 0.3 is 0 Å². The zero-order chi connectivity index (χ0) is 17.2. The number of hydrogen-bond acceptors (Lipinski definition) is 4. The second kappa shape index (κ2) is 9.13. The Balaban J connectivity index is 0.00000131. The topological polar surface area (TPSA) is 58.1 Å². The normalized spacial score (nSPS) is 15.7. The number of amides is 1. The summed E-state index contributed by atoms with van der Waals surface area (Å²) >= 11 is 0. The van der Waals surface area contributed by atoms with E-state index in [2.05, 4.69) is 10.3 Å². The largest absolute Gasteiger partial charge is 0.337 e. The van der Waals surface area contributed by atoms with Crippen LogP contribution in [0.2, 0.25) is 0 Å². The fourth-order valence-electron chi connectivity index (χ4n) is 3.35. The van der Waals surface area contributed by atoms with Gasteiger partial charge in [0.05, 0.1) is 16.8 Å². The van der Waals surface area contributed by atoms with E-state index in [4.69, 9.17) is 4.98 Å². The number of aromatic nitrogens is 2. The summed E-state index contributed by atoms with van der Waals surface area (Å²) in [5.74, 6) is 0.0441. The van der Waals surface area contributed by atoms with Crippen LogP contribution in [0.25, 0.3) is 22.2 Å². The number of fused-ring (bicyclic) bond motifs is 1. The van der Waals surface area contributed by atoms with E-state index in [0.717, 1.165) is 41.7 Å². The molecular weight excluding hydrogens is 383 g/mol. The van der Waals surface area contributed by atoms with Crippen LogP contribution in [0.5, 0.6) is 0 Å². The molecule has 1 aromatic carbocycles. The molecule has 3 heterocycles. The molecule has 0 saturated carbocycles. The molecule has 142 valence electrons. The maximum Gasteiger partial charge on any atom is 0.254 e. The summed E-state index contributed by atoms with van der Waals surface area (Å²) in [4.78, 5) is 23.8. The fraction of sp³-hybridized carbons (Fsp3) is 0.250. The van der Waals surface area contributed by atoms with Crippen molar-refractivity contribution in [1.82, 2.24) is 20.2 Å². The number of benzene rings is 1. The Morgan fingerprint density at radius 3 is 2.59 bits per heavy atom. The molecule has 7 heteroatoms. The van der Waals surface area contributed by atoms with Crippen LogP contribution in [-0.4, -0.2) is 47.0 Å². The van der Waals surface area contributed by atoms with Gasteiger partial charge in [-0.15, -0.1) is 24.8 Å². The van der Waals surface area contributed by atoms with Gasteiger partial charge < -0.3 is 10.2 Å². The van der Waals surface area contributed by atoms with Gasteiger partial charge in [0.1, 0.15) is 0 Å². The van der Waals surface area contributed by atoms with Gasteiger partial charge in [-0.05, 0) is 37.2 Å². The van der Waals surface area contributed by atoms with E-state index in [1.807, 2.05) is 54.4 Å². The Morgan fingerprint density at radius 2 is 1.89 bits per heavy atom. The van der Waals surface area contributed by atoms with Crippen LogP contribution in [-0.2, 0) is 0 Å². The number of carbonyl (C=O) groups excluding carboxylic acids is 1. The maximum atomic E-state index is 13.2. The zero-order valence-corrected chi connectivity index (χ0v) is 16.6. The van der Waals surface area contributed by atoms with E-state index < -0.39 is 0 Å². The van der Waals surface area contributed by atoms with Crippen LogP contribution in [0, 0.1) is 0 Å². The van der Waals surface area contributed by atoms with Gasteiger partial charge in [-0.25, -0.2) is 4.98 Å². The number of carbonyl (C=O) groups is 1. The molecule has 1 fully saturated rings. The van der Waals surface area contributed by atoms with E-state index in [1.54, 1.807) is 12.4 Å². The summed E-state index contributed by atoms with van der Waals surface area (Å²) in [5.41, 5.74) is 3.28. The number of hydrogen-bond donors (Lipinski definition) is 1. The summed E-state index contributed by atoms with van der Waals surface area (Å²) < 4.78 is 0. The fourth-order valence-corrected chi connectivity index (χ4v) is 3.35. The van der Waals surface area contributed by atoms with Crippen LogP contribution < -0.4 is 5.32 Å². The highest BCUT2D eigenvalue weighted by atomic mass is 35.5. The number of nitrogens with zero attached hydrogens (tertiary/aromatic N) is 3. The first kappa shape index (κ1) is 21.1. The molecule has 3 aromatic rings. The highest BCUT2D eigenvalue weighted by molar-refractivity contribution is 6.07. The van der Waals surface area contributed by atoms with Crippen LogP contribution in [0.3, 0.4) is 0 Å². The molecule has 1 aliphatic rings. The highest BCUT2D eigenvalue weighted by Crippen LogP contribution is 2.26. The van der Waals surface area contributed by atoms with Crippen LogP contribution in [0.1, 0.15) is 16.8 Å². The standard InChI is InChI=1S/C20H20N4O.2ClH/c1-24(15-8-11-22-13-15)20(25)17-12-19(14-6-9-21-10-7-14)23-18-5-3-2-4-16(17)18;;/h2-7,9-10,12,15,22H,8,11,13H2,1H3;2*1H. The Morgan fingerprint density at radius 1 is 1.15 bits per heavy atom. The first-order valence-corrected chi connectivity index (χ1v) is 8.52. The van der Waals surface area contributed by atoms with Gasteiger partial charge in [0.2, 0.25) is 0 Å². The van der Waals surface area contributed by atoms with Crippen molar-refractivity contribution in [2.75, 3.05) is 20.1 Å². The third-order valence-corrected chi connectivity index (χ3v) is 4.83. The smallest absolute Gasteiger partial charge is 0.254 e. The molecule has 0 spiro atoms. The summed E-state index contributed by atoms with van der Waals surface area (Å²) in [6.45, 7) is 1.81.